The molecule has 1 aromatic carbocycles. The summed E-state index contributed by atoms with van der Waals surface area (Å²) in [6.45, 7) is 2.06. The molecule has 0 spiro atoms. The molecular weight excluding hydrogens is 510 g/mol. The molecule has 10 heteroatoms. The number of nitrogens with zero attached hydrogens (tertiary/aromatic N) is 1. The first-order valence-corrected chi connectivity index (χ1v) is 11.7. The van der Waals surface area contributed by atoms with Crippen molar-refractivity contribution in [1.29, 1.82) is 5.26 Å². The molecule has 0 radical (unpaired) electrons. The first-order chi connectivity index (χ1) is 15.9. The summed E-state index contributed by atoms with van der Waals surface area (Å²) in [5, 5.41) is 16.4. The number of hydrogen-bond donors (Lipinski definition) is 2. The molecule has 2 N–H and O–H groups in total. The number of nitrogens with one attached hydrogen (secondary N) is 2. The highest BCUT2D eigenvalue weighted by Gasteiger charge is 2.37. The number of methoxy groups -OCH3 is 1. The molecule has 0 fully saturated rings. The van der Waals surface area contributed by atoms with E-state index >= 15 is 0 Å². The lowest BCUT2D eigenvalue weighted by Crippen LogP contribution is -2.29. The average Bonchev–Trinajstić information content (AvgIpc) is 3.33. The van der Waals surface area contributed by atoms with Gasteiger partial charge in [0.15, 0.2) is 0 Å². The van der Waals surface area contributed by atoms with E-state index in [2.05, 4.69) is 32.6 Å². The molecule has 2 heterocycles. The monoisotopic (exact) mass is 531 g/mol. The van der Waals surface area contributed by atoms with E-state index in [9.17, 15) is 14.9 Å². The molecule has 8 nitrogen and oxygen atoms in total. The summed E-state index contributed by atoms with van der Waals surface area (Å²) >= 11 is 4.53. The Morgan fingerprint density at radius 1 is 1.27 bits per heavy atom. The number of furan rings is 1. The number of allylic oxidation sites excluding steroid dienone is 2. The molecule has 1 atom stereocenters. The van der Waals surface area contributed by atoms with Gasteiger partial charge < -0.3 is 24.5 Å². The van der Waals surface area contributed by atoms with E-state index in [1.54, 1.807) is 31.2 Å². The predicted octanol–water partition coefficient (Wildman–Crippen LogP) is 4.30. The zero-order valence-corrected chi connectivity index (χ0v) is 20.4. The van der Waals surface area contributed by atoms with Gasteiger partial charge in [0.1, 0.15) is 12.4 Å². The normalized spacial score (nSPS) is 15.6. The van der Waals surface area contributed by atoms with E-state index in [0.717, 1.165) is 4.47 Å². The van der Waals surface area contributed by atoms with Gasteiger partial charge in [0.05, 0.1) is 46.8 Å². The van der Waals surface area contributed by atoms with E-state index in [1.807, 2.05) is 12.1 Å². The van der Waals surface area contributed by atoms with Gasteiger partial charge in [0, 0.05) is 23.0 Å². The Bertz CT molecular complexity index is 1100. The number of carbonyl (C=O) groups is 2. The van der Waals surface area contributed by atoms with Gasteiger partial charge in [-0.1, -0.05) is 27.7 Å². The molecule has 2 aromatic rings. The van der Waals surface area contributed by atoms with Gasteiger partial charge in [-0.15, -0.1) is 0 Å². The Hall–Kier alpha value is -3.00. The number of carbonyl (C=O) groups excluding carboxylic acids is 2. The molecule has 1 unspecified atom stereocenters. The topological polar surface area (TPSA) is 114 Å². The lowest BCUT2D eigenvalue weighted by molar-refractivity contribution is -0.140. The van der Waals surface area contributed by atoms with Crippen LogP contribution in [0.2, 0.25) is 0 Å². The summed E-state index contributed by atoms with van der Waals surface area (Å²) in [6.07, 6.45) is 1.48. The number of nitriles is 1. The number of ether oxygens (including phenoxy) is 2. The van der Waals surface area contributed by atoms with Crippen LogP contribution in [0, 0.1) is 11.3 Å². The standard InChI is InChI=1S/C23H22BrN3O5S/c1-14-20(23(29)32-11-10-30-2)21(18-4-3-9-31-18)17(12-25)22(26-14)33-13-19(28)27-16-7-5-15(24)6-8-16/h3-9,21,26H,10-11,13H2,1-2H3,(H,27,28). The van der Waals surface area contributed by atoms with Crippen molar-refractivity contribution in [3.05, 3.63) is 74.8 Å². The predicted molar refractivity (Wildman–Crippen MR) is 128 cm³/mol. The second-order valence-electron chi connectivity index (χ2n) is 6.94. The summed E-state index contributed by atoms with van der Waals surface area (Å²) < 4.78 is 16.7. The summed E-state index contributed by atoms with van der Waals surface area (Å²) in [4.78, 5) is 25.3. The number of halogens is 1. The molecule has 0 aliphatic carbocycles. The second-order valence-corrected chi connectivity index (χ2v) is 8.84. The Labute approximate surface area is 204 Å². The van der Waals surface area contributed by atoms with Crippen molar-refractivity contribution >= 4 is 45.3 Å². The molecule has 1 aliphatic heterocycles. The van der Waals surface area contributed by atoms with Crippen LogP contribution in [0.3, 0.4) is 0 Å². The molecule has 33 heavy (non-hydrogen) atoms. The highest BCUT2D eigenvalue weighted by atomic mass is 79.9. The molecule has 0 saturated carbocycles. The maximum atomic E-state index is 12.8. The smallest absolute Gasteiger partial charge is 0.336 e. The van der Waals surface area contributed by atoms with E-state index in [0.29, 0.717) is 22.2 Å². The van der Waals surface area contributed by atoms with Crippen molar-refractivity contribution in [2.45, 2.75) is 12.8 Å². The number of hydrogen-bond acceptors (Lipinski definition) is 8. The van der Waals surface area contributed by atoms with Gasteiger partial charge in [-0.25, -0.2) is 4.79 Å². The third kappa shape index (κ3) is 6.28. The van der Waals surface area contributed by atoms with Crippen molar-refractivity contribution in [2.75, 3.05) is 31.4 Å². The van der Waals surface area contributed by atoms with Crippen LogP contribution in [0.15, 0.2) is 73.4 Å². The van der Waals surface area contributed by atoms with Crippen molar-refractivity contribution in [3.8, 4) is 6.07 Å². The maximum Gasteiger partial charge on any atom is 0.336 e. The molecule has 3 rings (SSSR count). The molecule has 1 aromatic heterocycles. The number of amides is 1. The van der Waals surface area contributed by atoms with Crippen LogP contribution in [-0.4, -0.2) is 38.0 Å². The van der Waals surface area contributed by atoms with Crippen LogP contribution in [0.25, 0.3) is 0 Å². The summed E-state index contributed by atoms with van der Waals surface area (Å²) in [6, 6.07) is 12.8. The third-order valence-corrected chi connectivity index (χ3v) is 6.24. The summed E-state index contributed by atoms with van der Waals surface area (Å²) in [5.74, 6) is -1.05. The Morgan fingerprint density at radius 3 is 2.67 bits per heavy atom. The zero-order valence-electron chi connectivity index (χ0n) is 18.0. The zero-order chi connectivity index (χ0) is 23.8. The fourth-order valence-corrected chi connectivity index (χ4v) is 4.36. The SMILES string of the molecule is COCCOC(=O)C1=C(C)NC(SCC(=O)Nc2ccc(Br)cc2)=C(C#N)C1c1ccco1. The first-order valence-electron chi connectivity index (χ1n) is 9.94. The molecule has 1 amide bonds. The number of benzene rings is 1. The Balaban J connectivity index is 1.80. The van der Waals surface area contributed by atoms with Crippen LogP contribution in [0.1, 0.15) is 18.6 Å². The summed E-state index contributed by atoms with van der Waals surface area (Å²) in [5.41, 5.74) is 1.74. The number of esters is 1. The molecule has 1 aliphatic rings. The van der Waals surface area contributed by atoms with Crippen molar-refractivity contribution < 1.29 is 23.5 Å². The number of thioether (sulfide) groups is 1. The van der Waals surface area contributed by atoms with E-state index in [4.69, 9.17) is 13.9 Å². The lowest BCUT2D eigenvalue weighted by atomic mass is 9.86. The Morgan fingerprint density at radius 2 is 2.03 bits per heavy atom. The van der Waals surface area contributed by atoms with Crippen LogP contribution in [0.5, 0.6) is 0 Å². The first kappa shape index (κ1) is 24.6. The van der Waals surface area contributed by atoms with Gasteiger partial charge in [-0.05, 0) is 43.3 Å². The van der Waals surface area contributed by atoms with Crippen molar-refractivity contribution in [1.82, 2.24) is 5.32 Å². The van der Waals surface area contributed by atoms with E-state index < -0.39 is 11.9 Å². The lowest BCUT2D eigenvalue weighted by Gasteiger charge is -2.27. The van der Waals surface area contributed by atoms with E-state index in [-0.39, 0.29) is 36.0 Å². The Kier molecular flexibility index (Phi) is 8.77. The minimum absolute atomic E-state index is 0.0648. The minimum Gasteiger partial charge on any atom is -0.468 e. The van der Waals surface area contributed by atoms with Crippen molar-refractivity contribution in [2.24, 2.45) is 0 Å². The van der Waals surface area contributed by atoms with Crippen LogP contribution in [-0.2, 0) is 19.1 Å². The maximum absolute atomic E-state index is 12.8. The molecular formula is C23H22BrN3O5S. The van der Waals surface area contributed by atoms with Crippen LogP contribution in [0.4, 0.5) is 5.69 Å². The minimum atomic E-state index is -0.752. The quantitative estimate of drug-likeness (QED) is 0.363. The molecule has 0 bridgehead atoms. The van der Waals surface area contributed by atoms with Gasteiger partial charge in [0.2, 0.25) is 5.91 Å². The fourth-order valence-electron chi connectivity index (χ4n) is 3.20. The third-order valence-electron chi connectivity index (χ3n) is 4.69. The number of anilines is 1. The highest BCUT2D eigenvalue weighted by molar-refractivity contribution is 9.10. The van der Waals surface area contributed by atoms with Gasteiger partial charge in [-0.2, -0.15) is 5.26 Å². The van der Waals surface area contributed by atoms with Gasteiger partial charge in [0.25, 0.3) is 0 Å². The van der Waals surface area contributed by atoms with Gasteiger partial charge in [-0.3, -0.25) is 4.79 Å². The number of rotatable bonds is 9. The highest BCUT2D eigenvalue weighted by Crippen LogP contribution is 2.41. The molecule has 0 saturated heterocycles. The van der Waals surface area contributed by atoms with Crippen LogP contribution >= 0.6 is 27.7 Å². The fraction of sp³-hybridized carbons (Fsp3) is 0.261. The van der Waals surface area contributed by atoms with Crippen LogP contribution < -0.4 is 10.6 Å². The van der Waals surface area contributed by atoms with Gasteiger partial charge >= 0.3 is 5.97 Å². The second kappa shape index (κ2) is 11.7. The van der Waals surface area contributed by atoms with E-state index in [1.165, 1.54) is 25.1 Å². The number of dihydropyridines is 1. The van der Waals surface area contributed by atoms with Crippen molar-refractivity contribution in [3.63, 3.8) is 0 Å². The average molecular weight is 532 g/mol. The molecule has 172 valence electrons. The summed E-state index contributed by atoms with van der Waals surface area (Å²) in [7, 11) is 1.51. The largest absolute Gasteiger partial charge is 0.468 e.